The topological polar surface area (TPSA) is 97.4 Å². The lowest BCUT2D eigenvalue weighted by Gasteiger charge is -2.41. The lowest BCUT2D eigenvalue weighted by molar-refractivity contribution is -0.00301. The Morgan fingerprint density at radius 2 is 1.77 bits per heavy atom. The number of amides is 2. The molecule has 0 aromatic heterocycles. The van der Waals surface area contributed by atoms with Crippen LogP contribution in [-0.4, -0.2) is 79.7 Å². The van der Waals surface area contributed by atoms with Gasteiger partial charge >= 0.3 is 12.1 Å². The summed E-state index contributed by atoms with van der Waals surface area (Å²) < 4.78 is 31.6. The predicted molar refractivity (Wildman–Crippen MR) is 149 cm³/mol. The van der Waals surface area contributed by atoms with E-state index in [4.69, 9.17) is 14.2 Å². The lowest BCUT2D eigenvalue weighted by Crippen LogP contribution is -2.55. The number of benzene rings is 2. The average Bonchev–Trinajstić information content (AvgIpc) is 2.88. The Morgan fingerprint density at radius 1 is 1.07 bits per heavy atom. The van der Waals surface area contributed by atoms with Crippen LogP contribution in [0.2, 0.25) is 0 Å². The number of hydrogen-bond donors (Lipinski definition) is 1. The molecule has 10 heteroatoms. The number of ether oxygens (including phenoxy) is 3. The van der Waals surface area contributed by atoms with Gasteiger partial charge in [-0.3, -0.25) is 9.69 Å². The monoisotopic (exact) mass is 557 g/mol. The molecular formula is C30H40FN3O6. The number of carbonyl (C=O) groups excluding carboxylic acids is 3. The summed E-state index contributed by atoms with van der Waals surface area (Å²) >= 11 is 0. The summed E-state index contributed by atoms with van der Waals surface area (Å²) in [6, 6.07) is 7.86. The van der Waals surface area contributed by atoms with Gasteiger partial charge in [0.2, 0.25) is 0 Å². The van der Waals surface area contributed by atoms with Gasteiger partial charge in [-0.15, -0.1) is 0 Å². The fraction of sp³-hybridized carbons (Fsp3) is 0.500. The van der Waals surface area contributed by atoms with Crippen LogP contribution in [0.4, 0.5) is 9.18 Å². The van der Waals surface area contributed by atoms with Crippen LogP contribution in [0.25, 0.3) is 0 Å². The molecule has 3 rings (SSSR count). The summed E-state index contributed by atoms with van der Waals surface area (Å²) in [6.45, 7) is 12.8. The van der Waals surface area contributed by atoms with Gasteiger partial charge in [-0.2, -0.15) is 0 Å². The third-order valence-corrected chi connectivity index (χ3v) is 6.80. The van der Waals surface area contributed by atoms with E-state index >= 15 is 0 Å². The van der Waals surface area contributed by atoms with Crippen molar-refractivity contribution in [3.05, 3.63) is 64.0 Å². The zero-order valence-corrected chi connectivity index (χ0v) is 24.6. The molecular weight excluding hydrogens is 517 g/mol. The first-order valence-electron chi connectivity index (χ1n) is 13.3. The van der Waals surface area contributed by atoms with Crippen LogP contribution in [0.15, 0.2) is 30.3 Å². The average molecular weight is 558 g/mol. The molecule has 2 atom stereocenters. The number of nitrogens with one attached hydrogen (secondary N) is 1. The molecule has 0 bridgehead atoms. The molecule has 1 heterocycles. The molecule has 0 unspecified atom stereocenters. The van der Waals surface area contributed by atoms with Crippen LogP contribution in [-0.2, 0) is 9.47 Å². The summed E-state index contributed by atoms with van der Waals surface area (Å²) in [7, 11) is 2.76. The second-order valence-corrected chi connectivity index (χ2v) is 11.1. The minimum Gasteiger partial charge on any atom is -0.483 e. The zero-order valence-electron chi connectivity index (χ0n) is 24.6. The number of nitrogens with zero attached hydrogens (tertiary/aromatic N) is 2. The van der Waals surface area contributed by atoms with Gasteiger partial charge in [0.05, 0.1) is 7.11 Å². The number of carbonyl (C=O) groups is 3. The van der Waals surface area contributed by atoms with E-state index in [9.17, 15) is 18.8 Å². The molecule has 2 aromatic carbocycles. The number of hydrogen-bond acceptors (Lipinski definition) is 7. The first kappa shape index (κ1) is 30.9. The highest BCUT2D eigenvalue weighted by Crippen LogP contribution is 2.31. The van der Waals surface area contributed by atoms with Crippen LogP contribution in [0.1, 0.15) is 71.2 Å². The van der Waals surface area contributed by atoms with Gasteiger partial charge in [0.25, 0.3) is 5.91 Å². The highest BCUT2D eigenvalue weighted by atomic mass is 19.1. The largest absolute Gasteiger partial charge is 0.483 e. The van der Waals surface area contributed by atoms with Crippen LogP contribution in [0.5, 0.6) is 5.75 Å². The highest BCUT2D eigenvalue weighted by molar-refractivity contribution is 6.00. The van der Waals surface area contributed by atoms with Crippen molar-refractivity contribution >= 4 is 18.0 Å². The van der Waals surface area contributed by atoms with Crippen molar-refractivity contribution < 1.29 is 33.0 Å². The molecule has 2 amide bonds. The van der Waals surface area contributed by atoms with E-state index < -0.39 is 17.7 Å². The molecule has 0 radical (unpaired) electrons. The second-order valence-electron chi connectivity index (χ2n) is 11.1. The number of methoxy groups -OCH3 is 1. The second kappa shape index (κ2) is 12.7. The molecule has 2 aromatic rings. The molecule has 218 valence electrons. The first-order chi connectivity index (χ1) is 18.7. The highest BCUT2D eigenvalue weighted by Gasteiger charge is 2.33. The number of halogens is 1. The SMILES string of the molecule is CNC(=O)c1cc(C(=O)OC)c(O[C@@H](CN2CCN(C(=O)OC(C)(C)C)[C@H](C)C2)c2ccc(C)c(F)c2)cc1C. The minimum atomic E-state index is -0.663. The molecule has 1 aliphatic rings. The Balaban J connectivity index is 1.92. The Hall–Kier alpha value is -3.66. The van der Waals surface area contributed by atoms with E-state index in [1.807, 2.05) is 27.7 Å². The van der Waals surface area contributed by atoms with Crippen molar-refractivity contribution in [2.24, 2.45) is 0 Å². The minimum absolute atomic E-state index is 0.0902. The molecule has 0 saturated carbocycles. The molecule has 0 spiro atoms. The lowest BCUT2D eigenvalue weighted by atomic mass is 10.0. The molecule has 1 saturated heterocycles. The summed E-state index contributed by atoms with van der Waals surface area (Å²) in [6.07, 6.45) is -1.02. The molecule has 9 nitrogen and oxygen atoms in total. The van der Waals surface area contributed by atoms with Gasteiger partial charge in [0.15, 0.2) is 0 Å². The van der Waals surface area contributed by atoms with Gasteiger partial charge in [-0.1, -0.05) is 12.1 Å². The standard InChI is InChI=1S/C30H40FN3O6/c1-18-9-10-21(14-24(18)31)26(17-33-11-12-34(20(3)16-33)29(37)40-30(4,5)6)39-25-13-19(2)22(27(35)32-7)15-23(25)28(36)38-8/h9-10,13-15,20,26H,11-12,16-17H2,1-8H3,(H,32,35)/t20-,26+/m1/s1. The van der Waals surface area contributed by atoms with E-state index in [-0.39, 0.29) is 35.2 Å². The van der Waals surface area contributed by atoms with Crippen molar-refractivity contribution in [1.29, 1.82) is 0 Å². The van der Waals surface area contributed by atoms with Crippen LogP contribution >= 0.6 is 0 Å². The van der Waals surface area contributed by atoms with Gasteiger partial charge in [-0.05, 0) is 76.4 Å². The van der Waals surface area contributed by atoms with Crippen molar-refractivity contribution in [3.63, 3.8) is 0 Å². The maximum absolute atomic E-state index is 14.7. The fourth-order valence-electron chi connectivity index (χ4n) is 4.63. The molecule has 1 N–H and O–H groups in total. The maximum atomic E-state index is 14.7. The molecule has 0 aliphatic carbocycles. The van der Waals surface area contributed by atoms with Crippen molar-refractivity contribution in [2.45, 2.75) is 59.3 Å². The van der Waals surface area contributed by atoms with Gasteiger partial charge < -0.3 is 24.4 Å². The molecule has 40 heavy (non-hydrogen) atoms. The number of esters is 1. The summed E-state index contributed by atoms with van der Waals surface area (Å²) in [5, 5.41) is 2.57. The normalized spacial score (nSPS) is 16.7. The Labute approximate surface area is 235 Å². The van der Waals surface area contributed by atoms with E-state index in [2.05, 4.69) is 10.2 Å². The maximum Gasteiger partial charge on any atom is 0.410 e. The zero-order chi connectivity index (χ0) is 29.8. The van der Waals surface area contributed by atoms with Crippen molar-refractivity contribution in [3.8, 4) is 5.75 Å². The van der Waals surface area contributed by atoms with Crippen LogP contribution < -0.4 is 10.1 Å². The fourth-order valence-corrected chi connectivity index (χ4v) is 4.63. The van der Waals surface area contributed by atoms with Gasteiger partial charge in [0.1, 0.15) is 28.8 Å². The summed E-state index contributed by atoms with van der Waals surface area (Å²) in [5.74, 6) is -1.14. The summed E-state index contributed by atoms with van der Waals surface area (Å²) in [5.41, 5.74) is 1.52. The Bertz CT molecular complexity index is 1260. The van der Waals surface area contributed by atoms with Crippen LogP contribution in [0, 0.1) is 19.7 Å². The first-order valence-corrected chi connectivity index (χ1v) is 13.3. The number of rotatable bonds is 7. The van der Waals surface area contributed by atoms with E-state index in [0.29, 0.717) is 48.4 Å². The molecule has 1 fully saturated rings. The van der Waals surface area contributed by atoms with E-state index in [1.165, 1.54) is 26.3 Å². The van der Waals surface area contributed by atoms with Gasteiger partial charge in [0, 0.05) is 44.8 Å². The third kappa shape index (κ3) is 7.50. The van der Waals surface area contributed by atoms with Crippen LogP contribution in [0.3, 0.4) is 0 Å². The predicted octanol–water partition coefficient (Wildman–Crippen LogP) is 4.65. The smallest absolute Gasteiger partial charge is 0.410 e. The summed E-state index contributed by atoms with van der Waals surface area (Å²) in [4.78, 5) is 41.6. The molecule has 1 aliphatic heterocycles. The van der Waals surface area contributed by atoms with Crippen molar-refractivity contribution in [1.82, 2.24) is 15.1 Å². The van der Waals surface area contributed by atoms with E-state index in [0.717, 1.165) is 0 Å². The third-order valence-electron chi connectivity index (χ3n) is 6.80. The Kier molecular flexibility index (Phi) is 9.78. The van der Waals surface area contributed by atoms with E-state index in [1.54, 1.807) is 36.9 Å². The Morgan fingerprint density at radius 3 is 2.35 bits per heavy atom. The number of piperazine rings is 1. The quantitative estimate of drug-likeness (QED) is 0.495. The van der Waals surface area contributed by atoms with Gasteiger partial charge in [-0.25, -0.2) is 14.0 Å². The van der Waals surface area contributed by atoms with Crippen molar-refractivity contribution in [2.75, 3.05) is 40.3 Å². The number of aryl methyl sites for hydroxylation is 2.